The Hall–Kier alpha value is -2.34. The van der Waals surface area contributed by atoms with Crippen LogP contribution in [0.25, 0.3) is 5.69 Å². The van der Waals surface area contributed by atoms with Gasteiger partial charge in [-0.2, -0.15) is 5.10 Å². The van der Waals surface area contributed by atoms with Crippen LogP contribution in [0.3, 0.4) is 0 Å². The lowest BCUT2D eigenvalue weighted by atomic mass is 10.1. The van der Waals surface area contributed by atoms with E-state index in [4.69, 9.17) is 4.74 Å². The maximum absolute atomic E-state index is 5.57. The lowest BCUT2D eigenvalue weighted by Crippen LogP contribution is -2.38. The smallest absolute Gasteiger partial charge is 0.190 e. The first-order chi connectivity index (χ1) is 13.7. The van der Waals surface area contributed by atoms with E-state index in [2.05, 4.69) is 52.9 Å². The molecule has 2 rings (SSSR count). The molecule has 0 radical (unpaired) electrons. The highest BCUT2D eigenvalue weighted by Gasteiger charge is 2.06. The molecular formula is C22H35N5O. The summed E-state index contributed by atoms with van der Waals surface area (Å²) in [6.45, 7) is 7.66. The minimum atomic E-state index is 0.800. The first-order valence-corrected chi connectivity index (χ1v) is 10.4. The summed E-state index contributed by atoms with van der Waals surface area (Å²) >= 11 is 0. The molecule has 6 heteroatoms. The zero-order valence-corrected chi connectivity index (χ0v) is 17.6. The third-order valence-corrected chi connectivity index (χ3v) is 4.56. The van der Waals surface area contributed by atoms with Gasteiger partial charge in [0.25, 0.3) is 0 Å². The molecule has 28 heavy (non-hydrogen) atoms. The third-order valence-electron chi connectivity index (χ3n) is 4.56. The lowest BCUT2D eigenvalue weighted by Gasteiger charge is -2.11. The Balaban J connectivity index is 1.64. The van der Waals surface area contributed by atoms with E-state index < -0.39 is 0 Å². The topological polar surface area (TPSA) is 63.5 Å². The number of rotatable bonds is 12. The molecule has 0 saturated heterocycles. The molecule has 0 unspecified atom stereocenters. The average Bonchev–Trinajstić information content (AvgIpc) is 3.10. The van der Waals surface area contributed by atoms with Crippen LogP contribution in [0.15, 0.2) is 41.5 Å². The van der Waals surface area contributed by atoms with Crippen molar-refractivity contribution in [1.29, 1.82) is 0 Å². The number of aliphatic imine (C=N–C) groups is 1. The van der Waals surface area contributed by atoms with Gasteiger partial charge < -0.3 is 15.4 Å². The molecular weight excluding hydrogens is 350 g/mol. The largest absolute Gasteiger partial charge is 0.381 e. The molecule has 2 N–H and O–H groups in total. The van der Waals surface area contributed by atoms with E-state index in [-0.39, 0.29) is 0 Å². The van der Waals surface area contributed by atoms with Gasteiger partial charge in [0.1, 0.15) is 0 Å². The van der Waals surface area contributed by atoms with Crippen molar-refractivity contribution in [3.63, 3.8) is 0 Å². The molecule has 0 bridgehead atoms. The second-order valence-corrected chi connectivity index (χ2v) is 6.87. The van der Waals surface area contributed by atoms with E-state index in [1.807, 2.05) is 22.9 Å². The van der Waals surface area contributed by atoms with Gasteiger partial charge in [0.2, 0.25) is 0 Å². The molecule has 0 fully saturated rings. The van der Waals surface area contributed by atoms with Crippen molar-refractivity contribution in [3.8, 4) is 5.69 Å². The van der Waals surface area contributed by atoms with Crippen LogP contribution < -0.4 is 10.6 Å². The van der Waals surface area contributed by atoms with Gasteiger partial charge in [0.05, 0.1) is 11.4 Å². The summed E-state index contributed by atoms with van der Waals surface area (Å²) in [5.74, 6) is 0.852. The van der Waals surface area contributed by atoms with Crippen LogP contribution in [0, 0.1) is 6.92 Å². The Morgan fingerprint density at radius 1 is 1.07 bits per heavy atom. The normalized spacial score (nSPS) is 11.6. The van der Waals surface area contributed by atoms with Crippen LogP contribution in [-0.4, -0.2) is 49.1 Å². The standard InChI is InChI=1S/C22H35N5O/c1-4-5-16-28-17-10-15-25-22(23-3)24-14-9-11-20-18-27(26-19(20)2)21-12-7-6-8-13-21/h6-8,12-13,18H,4-5,9-11,14-17H2,1-3H3,(H2,23,24,25). The summed E-state index contributed by atoms with van der Waals surface area (Å²) in [6, 6.07) is 10.2. The number of aromatic nitrogens is 2. The predicted molar refractivity (Wildman–Crippen MR) is 116 cm³/mol. The van der Waals surface area contributed by atoms with E-state index in [1.54, 1.807) is 7.05 Å². The van der Waals surface area contributed by atoms with Crippen molar-refractivity contribution in [2.45, 2.75) is 46.0 Å². The Labute approximate surface area is 169 Å². The first kappa shape index (κ1) is 22.0. The lowest BCUT2D eigenvalue weighted by molar-refractivity contribution is 0.129. The van der Waals surface area contributed by atoms with Gasteiger partial charge in [-0.3, -0.25) is 4.99 Å². The van der Waals surface area contributed by atoms with Crippen LogP contribution in [0.1, 0.15) is 43.9 Å². The minimum Gasteiger partial charge on any atom is -0.381 e. The Bertz CT molecular complexity index is 696. The van der Waals surface area contributed by atoms with Gasteiger partial charge in [-0.05, 0) is 50.3 Å². The summed E-state index contributed by atoms with van der Waals surface area (Å²) in [5, 5.41) is 11.4. The third kappa shape index (κ3) is 7.72. The van der Waals surface area contributed by atoms with Crippen molar-refractivity contribution in [2.24, 2.45) is 4.99 Å². The van der Waals surface area contributed by atoms with E-state index in [0.717, 1.165) is 69.3 Å². The zero-order valence-electron chi connectivity index (χ0n) is 17.6. The number of guanidine groups is 1. The van der Waals surface area contributed by atoms with Crippen LogP contribution in [0.2, 0.25) is 0 Å². The van der Waals surface area contributed by atoms with Crippen molar-refractivity contribution in [3.05, 3.63) is 47.8 Å². The number of benzene rings is 1. The fraction of sp³-hybridized carbons (Fsp3) is 0.545. The molecule has 0 aliphatic carbocycles. The summed E-state index contributed by atoms with van der Waals surface area (Å²) in [7, 11) is 1.81. The SMILES string of the molecule is CCCCOCCCNC(=NC)NCCCc1cn(-c2ccccc2)nc1C. The van der Waals surface area contributed by atoms with Crippen molar-refractivity contribution in [2.75, 3.05) is 33.4 Å². The number of ether oxygens (including phenoxy) is 1. The zero-order chi connectivity index (χ0) is 20.0. The molecule has 0 spiro atoms. The van der Waals surface area contributed by atoms with Gasteiger partial charge >= 0.3 is 0 Å². The average molecular weight is 386 g/mol. The minimum absolute atomic E-state index is 0.800. The molecule has 2 aromatic rings. The van der Waals surface area contributed by atoms with Crippen molar-refractivity contribution < 1.29 is 4.74 Å². The molecule has 6 nitrogen and oxygen atoms in total. The van der Waals surface area contributed by atoms with Gasteiger partial charge in [0, 0.05) is 39.5 Å². The number of unbranched alkanes of at least 4 members (excludes halogenated alkanes) is 1. The molecule has 1 aromatic carbocycles. The van der Waals surface area contributed by atoms with Crippen LogP contribution in [0.5, 0.6) is 0 Å². The number of aryl methyl sites for hydroxylation is 2. The second kappa shape index (κ2) is 12.9. The summed E-state index contributed by atoms with van der Waals surface area (Å²) in [4.78, 5) is 4.28. The molecule has 1 aromatic heterocycles. The molecule has 154 valence electrons. The summed E-state index contributed by atoms with van der Waals surface area (Å²) in [5.41, 5.74) is 3.48. The predicted octanol–water partition coefficient (Wildman–Crippen LogP) is 3.49. The van der Waals surface area contributed by atoms with Crippen LogP contribution in [0.4, 0.5) is 0 Å². The molecule has 0 aliphatic rings. The van der Waals surface area contributed by atoms with E-state index in [9.17, 15) is 0 Å². The highest BCUT2D eigenvalue weighted by molar-refractivity contribution is 5.79. The Kier molecular flexibility index (Phi) is 10.1. The van der Waals surface area contributed by atoms with Gasteiger partial charge in [0.15, 0.2) is 5.96 Å². The Morgan fingerprint density at radius 3 is 2.50 bits per heavy atom. The van der Waals surface area contributed by atoms with E-state index in [0.29, 0.717) is 0 Å². The van der Waals surface area contributed by atoms with E-state index >= 15 is 0 Å². The van der Waals surface area contributed by atoms with Gasteiger partial charge in [-0.1, -0.05) is 31.5 Å². The van der Waals surface area contributed by atoms with Crippen LogP contribution in [-0.2, 0) is 11.2 Å². The molecule has 0 amide bonds. The number of hydrogen-bond acceptors (Lipinski definition) is 3. The maximum atomic E-state index is 5.57. The Morgan fingerprint density at radius 2 is 1.79 bits per heavy atom. The summed E-state index contributed by atoms with van der Waals surface area (Å²) in [6.07, 6.45) is 7.47. The first-order valence-electron chi connectivity index (χ1n) is 10.4. The fourth-order valence-electron chi connectivity index (χ4n) is 2.89. The van der Waals surface area contributed by atoms with Gasteiger partial charge in [-0.25, -0.2) is 4.68 Å². The quantitative estimate of drug-likeness (QED) is 0.334. The van der Waals surface area contributed by atoms with Crippen molar-refractivity contribution >= 4 is 5.96 Å². The highest BCUT2D eigenvalue weighted by atomic mass is 16.5. The van der Waals surface area contributed by atoms with E-state index in [1.165, 1.54) is 12.0 Å². The number of nitrogens with one attached hydrogen (secondary N) is 2. The molecule has 0 saturated carbocycles. The van der Waals surface area contributed by atoms with Crippen LogP contribution >= 0.6 is 0 Å². The maximum Gasteiger partial charge on any atom is 0.190 e. The highest BCUT2D eigenvalue weighted by Crippen LogP contribution is 2.13. The number of nitrogens with zero attached hydrogens (tertiary/aromatic N) is 3. The summed E-state index contributed by atoms with van der Waals surface area (Å²) < 4.78 is 7.53. The monoisotopic (exact) mass is 385 g/mol. The molecule has 1 heterocycles. The number of hydrogen-bond donors (Lipinski definition) is 2. The van der Waals surface area contributed by atoms with Crippen molar-refractivity contribution in [1.82, 2.24) is 20.4 Å². The molecule has 0 aliphatic heterocycles. The van der Waals surface area contributed by atoms with Gasteiger partial charge in [-0.15, -0.1) is 0 Å². The molecule has 0 atom stereocenters. The number of para-hydroxylation sites is 1. The second-order valence-electron chi connectivity index (χ2n) is 6.87. The fourth-order valence-corrected chi connectivity index (χ4v) is 2.89.